The van der Waals surface area contributed by atoms with Gasteiger partial charge in [0.05, 0.1) is 32.1 Å². The van der Waals surface area contributed by atoms with E-state index in [4.69, 9.17) is 14.6 Å². The van der Waals surface area contributed by atoms with Gasteiger partial charge in [0, 0.05) is 50.1 Å². The maximum absolute atomic E-state index is 13.5. The molecule has 0 aliphatic carbocycles. The lowest BCUT2D eigenvalue weighted by Gasteiger charge is -2.36. The number of carbonyl (C=O) groups excluding carboxylic acids is 1. The molecule has 0 saturated carbocycles. The van der Waals surface area contributed by atoms with Gasteiger partial charge in [0.2, 0.25) is 0 Å². The molecular weight excluding hydrogens is 438 g/mol. The Bertz CT molecular complexity index is 1130. The normalized spacial score (nSPS) is 13.5. The van der Waals surface area contributed by atoms with Gasteiger partial charge in [-0.05, 0) is 18.2 Å². The number of carbonyl (C=O) groups is 2. The van der Waals surface area contributed by atoms with Crippen LogP contribution < -0.4 is 19.7 Å². The zero-order valence-electron chi connectivity index (χ0n) is 19.1. The zero-order valence-corrected chi connectivity index (χ0v) is 19.1. The maximum atomic E-state index is 13.5. The fourth-order valence-electron chi connectivity index (χ4n) is 3.91. The number of para-hydroxylation sites is 1. The minimum absolute atomic E-state index is 0.0148. The highest BCUT2D eigenvalue weighted by Gasteiger charge is 2.26. The van der Waals surface area contributed by atoms with Gasteiger partial charge >= 0.3 is 6.09 Å². The smallest absolute Gasteiger partial charge is 0.404 e. The second-order valence-electron chi connectivity index (χ2n) is 7.78. The highest BCUT2D eigenvalue weighted by atomic mass is 16.5. The molecule has 1 aliphatic rings. The number of rotatable bonds is 7. The van der Waals surface area contributed by atoms with Crippen molar-refractivity contribution in [3.05, 3.63) is 66.0 Å². The Morgan fingerprint density at radius 1 is 0.941 bits per heavy atom. The van der Waals surface area contributed by atoms with Gasteiger partial charge in [-0.3, -0.25) is 4.79 Å². The zero-order chi connectivity index (χ0) is 24.1. The van der Waals surface area contributed by atoms with Crippen LogP contribution in [0.25, 0.3) is 5.69 Å². The third-order valence-electron chi connectivity index (χ3n) is 5.67. The Hall–Kier alpha value is -4.21. The van der Waals surface area contributed by atoms with Crippen molar-refractivity contribution in [2.75, 3.05) is 45.3 Å². The molecule has 0 radical (unpaired) electrons. The molecule has 10 nitrogen and oxygen atoms in total. The monoisotopic (exact) mass is 465 g/mol. The van der Waals surface area contributed by atoms with E-state index in [9.17, 15) is 9.59 Å². The first kappa shape index (κ1) is 23.0. The van der Waals surface area contributed by atoms with Crippen molar-refractivity contribution in [3.8, 4) is 17.2 Å². The fraction of sp³-hybridized carbons (Fsp3) is 0.292. The van der Waals surface area contributed by atoms with E-state index < -0.39 is 6.09 Å². The van der Waals surface area contributed by atoms with Gasteiger partial charge < -0.3 is 29.7 Å². The molecule has 0 unspecified atom stereocenters. The van der Waals surface area contributed by atoms with Crippen molar-refractivity contribution in [3.63, 3.8) is 0 Å². The molecule has 34 heavy (non-hydrogen) atoms. The van der Waals surface area contributed by atoms with Crippen molar-refractivity contribution >= 4 is 17.7 Å². The van der Waals surface area contributed by atoms with E-state index in [0.29, 0.717) is 49.1 Å². The minimum Gasteiger partial charge on any atom is -0.497 e. The summed E-state index contributed by atoms with van der Waals surface area (Å²) < 4.78 is 12.3. The lowest BCUT2D eigenvalue weighted by atomic mass is 10.2. The molecular formula is C24H27N5O5. The SMILES string of the molecule is COc1cc(OC)cc(N2CCN(C(=O)c3cc(CNC(=O)O)nn3-c3ccccc3)CC2)c1. The Balaban J connectivity index is 1.52. The fourth-order valence-corrected chi connectivity index (χ4v) is 3.91. The van der Waals surface area contributed by atoms with Crippen LogP contribution in [-0.4, -0.2) is 72.2 Å². The summed E-state index contributed by atoms with van der Waals surface area (Å²) in [5, 5.41) is 15.7. The van der Waals surface area contributed by atoms with Crippen LogP contribution in [0.3, 0.4) is 0 Å². The molecule has 1 saturated heterocycles. The summed E-state index contributed by atoms with van der Waals surface area (Å²) in [5.74, 6) is 1.27. The Morgan fingerprint density at radius 3 is 2.18 bits per heavy atom. The minimum atomic E-state index is -1.15. The lowest BCUT2D eigenvalue weighted by molar-refractivity contribution is 0.0737. The average molecular weight is 466 g/mol. The summed E-state index contributed by atoms with van der Waals surface area (Å²) in [6, 6.07) is 16.7. The van der Waals surface area contributed by atoms with Crippen LogP contribution in [0.15, 0.2) is 54.6 Å². The number of anilines is 1. The first-order chi connectivity index (χ1) is 16.5. The highest BCUT2D eigenvalue weighted by molar-refractivity contribution is 5.93. The number of nitrogens with one attached hydrogen (secondary N) is 1. The van der Waals surface area contributed by atoms with Crippen LogP contribution in [0, 0.1) is 0 Å². The third-order valence-corrected chi connectivity index (χ3v) is 5.67. The van der Waals surface area contributed by atoms with Crippen LogP contribution >= 0.6 is 0 Å². The number of amides is 2. The molecule has 10 heteroatoms. The maximum Gasteiger partial charge on any atom is 0.404 e. The van der Waals surface area contributed by atoms with E-state index in [1.54, 1.807) is 29.9 Å². The second kappa shape index (κ2) is 10.2. The molecule has 2 N–H and O–H groups in total. The molecule has 1 aliphatic heterocycles. The summed E-state index contributed by atoms with van der Waals surface area (Å²) in [6.07, 6.45) is -1.15. The van der Waals surface area contributed by atoms with Crippen molar-refractivity contribution in [1.29, 1.82) is 0 Å². The number of benzene rings is 2. The van der Waals surface area contributed by atoms with E-state index in [0.717, 1.165) is 11.4 Å². The van der Waals surface area contributed by atoms with Crippen LogP contribution in [-0.2, 0) is 6.54 Å². The van der Waals surface area contributed by atoms with E-state index in [2.05, 4.69) is 15.3 Å². The number of aromatic nitrogens is 2. The van der Waals surface area contributed by atoms with E-state index >= 15 is 0 Å². The topological polar surface area (TPSA) is 109 Å². The number of carboxylic acid groups (broad SMARTS) is 1. The number of nitrogens with zero attached hydrogens (tertiary/aromatic N) is 4. The third kappa shape index (κ3) is 5.06. The van der Waals surface area contributed by atoms with E-state index in [1.165, 1.54) is 0 Å². The van der Waals surface area contributed by atoms with Crippen LogP contribution in [0.2, 0.25) is 0 Å². The quantitative estimate of drug-likeness (QED) is 0.552. The summed E-state index contributed by atoms with van der Waals surface area (Å²) in [7, 11) is 3.23. The molecule has 1 aromatic heterocycles. The lowest BCUT2D eigenvalue weighted by Crippen LogP contribution is -2.49. The van der Waals surface area contributed by atoms with Gasteiger partial charge in [-0.1, -0.05) is 18.2 Å². The number of hydrogen-bond acceptors (Lipinski definition) is 6. The van der Waals surface area contributed by atoms with Gasteiger partial charge in [-0.25, -0.2) is 9.48 Å². The van der Waals surface area contributed by atoms with Crippen molar-refractivity contribution < 1.29 is 24.2 Å². The van der Waals surface area contributed by atoms with Gasteiger partial charge in [0.15, 0.2) is 0 Å². The standard InChI is InChI=1S/C24H27N5O5/c1-33-20-13-19(14-21(15-20)34-2)27-8-10-28(11-9-27)23(30)22-12-17(16-25-24(31)32)26-29(22)18-6-4-3-5-7-18/h3-7,12-15,25H,8-11,16H2,1-2H3,(H,31,32). The van der Waals surface area contributed by atoms with Crippen molar-refractivity contribution in [2.45, 2.75) is 6.54 Å². The van der Waals surface area contributed by atoms with Gasteiger partial charge in [0.1, 0.15) is 17.2 Å². The van der Waals surface area contributed by atoms with Crippen LogP contribution in [0.4, 0.5) is 10.5 Å². The summed E-state index contributed by atoms with van der Waals surface area (Å²) in [6.45, 7) is 2.37. The van der Waals surface area contributed by atoms with Crippen molar-refractivity contribution in [1.82, 2.24) is 20.0 Å². The largest absolute Gasteiger partial charge is 0.497 e. The molecule has 178 valence electrons. The molecule has 0 atom stereocenters. The molecule has 0 spiro atoms. The second-order valence-corrected chi connectivity index (χ2v) is 7.78. The summed E-state index contributed by atoms with van der Waals surface area (Å²) >= 11 is 0. The van der Waals surface area contributed by atoms with E-state index in [1.807, 2.05) is 48.5 Å². The molecule has 4 rings (SSSR count). The Morgan fingerprint density at radius 2 is 1.59 bits per heavy atom. The Labute approximate surface area is 197 Å². The molecule has 2 amide bonds. The molecule has 2 heterocycles. The van der Waals surface area contributed by atoms with Gasteiger partial charge in [0.25, 0.3) is 5.91 Å². The first-order valence-corrected chi connectivity index (χ1v) is 10.9. The number of hydrogen-bond donors (Lipinski definition) is 2. The molecule has 3 aromatic rings. The number of piperazine rings is 1. The Kier molecular flexibility index (Phi) is 6.86. The number of methoxy groups -OCH3 is 2. The summed E-state index contributed by atoms with van der Waals surface area (Å²) in [4.78, 5) is 28.3. The van der Waals surface area contributed by atoms with Crippen LogP contribution in [0.1, 0.15) is 16.2 Å². The highest BCUT2D eigenvalue weighted by Crippen LogP contribution is 2.29. The van der Waals surface area contributed by atoms with Gasteiger partial charge in [-0.2, -0.15) is 5.10 Å². The predicted molar refractivity (Wildman–Crippen MR) is 126 cm³/mol. The van der Waals surface area contributed by atoms with Crippen molar-refractivity contribution in [2.24, 2.45) is 0 Å². The molecule has 1 fully saturated rings. The predicted octanol–water partition coefficient (Wildman–Crippen LogP) is 2.62. The van der Waals surface area contributed by atoms with E-state index in [-0.39, 0.29) is 12.5 Å². The number of ether oxygens (including phenoxy) is 2. The molecule has 0 bridgehead atoms. The summed E-state index contributed by atoms with van der Waals surface area (Å²) in [5.41, 5.74) is 2.57. The van der Waals surface area contributed by atoms with Crippen LogP contribution in [0.5, 0.6) is 11.5 Å². The van der Waals surface area contributed by atoms with Gasteiger partial charge in [-0.15, -0.1) is 0 Å². The first-order valence-electron chi connectivity index (χ1n) is 10.9. The molecule has 2 aromatic carbocycles. The average Bonchev–Trinajstić information content (AvgIpc) is 3.31.